The van der Waals surface area contributed by atoms with E-state index >= 15 is 0 Å². The van der Waals surface area contributed by atoms with Crippen molar-refractivity contribution < 1.29 is 9.59 Å². The summed E-state index contributed by atoms with van der Waals surface area (Å²) in [7, 11) is 0. The van der Waals surface area contributed by atoms with Gasteiger partial charge in [0, 0.05) is 6.54 Å². The largest absolute Gasteiger partial charge is 0.329 e. The molecule has 2 fully saturated rings. The van der Waals surface area contributed by atoms with Crippen molar-refractivity contribution in [3.8, 4) is 12.3 Å². The van der Waals surface area contributed by atoms with E-state index in [9.17, 15) is 9.59 Å². The Morgan fingerprint density at radius 3 is 2.68 bits per heavy atom. The highest BCUT2D eigenvalue weighted by molar-refractivity contribution is 5.97. The van der Waals surface area contributed by atoms with Crippen molar-refractivity contribution in [1.82, 2.24) is 9.80 Å². The van der Waals surface area contributed by atoms with Gasteiger partial charge < -0.3 is 9.80 Å². The lowest BCUT2D eigenvalue weighted by atomic mass is 9.99. The molecular formula is C15H22N2O2. The molecule has 4 nitrogen and oxygen atoms in total. The predicted molar refractivity (Wildman–Crippen MR) is 73.2 cm³/mol. The van der Waals surface area contributed by atoms with Gasteiger partial charge in [-0.05, 0) is 25.7 Å². The van der Waals surface area contributed by atoms with Crippen molar-refractivity contribution in [1.29, 1.82) is 0 Å². The van der Waals surface area contributed by atoms with E-state index in [1.807, 2.05) is 13.8 Å². The van der Waals surface area contributed by atoms with Crippen molar-refractivity contribution in [2.45, 2.75) is 64.1 Å². The van der Waals surface area contributed by atoms with E-state index < -0.39 is 0 Å². The Morgan fingerprint density at radius 2 is 2.11 bits per heavy atom. The molecule has 0 N–H and O–H groups in total. The van der Waals surface area contributed by atoms with E-state index in [1.54, 1.807) is 9.80 Å². The standard InChI is InChI=1S/C15H22N2O2/c1-4-8-11(5-2)17-12(6-3)14(18)16-10-7-9-13(16)15(17)19/h2,11-13H,4,6-10H2,1,3H3. The van der Waals surface area contributed by atoms with Gasteiger partial charge in [0.2, 0.25) is 11.8 Å². The normalized spacial score (nSPS) is 28.3. The fourth-order valence-corrected chi connectivity index (χ4v) is 3.24. The third kappa shape index (κ3) is 2.22. The van der Waals surface area contributed by atoms with Gasteiger partial charge >= 0.3 is 0 Å². The lowest BCUT2D eigenvalue weighted by Gasteiger charge is -2.44. The van der Waals surface area contributed by atoms with Crippen molar-refractivity contribution in [3.05, 3.63) is 0 Å². The molecule has 2 saturated heterocycles. The Balaban J connectivity index is 2.31. The number of rotatable bonds is 4. The van der Waals surface area contributed by atoms with Gasteiger partial charge in [0.1, 0.15) is 12.1 Å². The van der Waals surface area contributed by atoms with Crippen molar-refractivity contribution in [2.75, 3.05) is 6.54 Å². The number of terminal acetylenes is 1. The number of fused-ring (bicyclic) bond motifs is 1. The summed E-state index contributed by atoms with van der Waals surface area (Å²) in [6.45, 7) is 4.70. The van der Waals surface area contributed by atoms with E-state index in [2.05, 4.69) is 5.92 Å². The highest BCUT2D eigenvalue weighted by Crippen LogP contribution is 2.30. The average Bonchev–Trinajstić information content (AvgIpc) is 2.90. The maximum absolute atomic E-state index is 12.6. The quantitative estimate of drug-likeness (QED) is 0.719. The van der Waals surface area contributed by atoms with Gasteiger partial charge in [0.05, 0.1) is 6.04 Å². The Hall–Kier alpha value is -1.50. The van der Waals surface area contributed by atoms with Crippen LogP contribution in [0.25, 0.3) is 0 Å². The molecule has 4 heteroatoms. The maximum atomic E-state index is 12.6. The molecule has 3 atom stereocenters. The minimum absolute atomic E-state index is 0.0559. The molecular weight excluding hydrogens is 240 g/mol. The number of hydrogen-bond donors (Lipinski definition) is 0. The van der Waals surface area contributed by atoms with Gasteiger partial charge in [-0.2, -0.15) is 0 Å². The maximum Gasteiger partial charge on any atom is 0.247 e. The second-order valence-corrected chi connectivity index (χ2v) is 5.33. The fourth-order valence-electron chi connectivity index (χ4n) is 3.24. The molecule has 3 unspecified atom stereocenters. The third-order valence-electron chi connectivity index (χ3n) is 4.17. The van der Waals surface area contributed by atoms with Crippen molar-refractivity contribution in [3.63, 3.8) is 0 Å². The molecule has 2 rings (SSSR count). The van der Waals surface area contributed by atoms with Gasteiger partial charge in [0.25, 0.3) is 0 Å². The van der Waals surface area contributed by atoms with Gasteiger partial charge in [-0.1, -0.05) is 26.2 Å². The van der Waals surface area contributed by atoms with Gasteiger partial charge in [-0.25, -0.2) is 0 Å². The number of nitrogens with zero attached hydrogens (tertiary/aromatic N) is 2. The van der Waals surface area contributed by atoms with Crippen LogP contribution in [0.4, 0.5) is 0 Å². The van der Waals surface area contributed by atoms with Crippen LogP contribution in [0.2, 0.25) is 0 Å². The summed E-state index contributed by atoms with van der Waals surface area (Å²) >= 11 is 0. The molecule has 0 spiro atoms. The molecule has 0 aliphatic carbocycles. The lowest BCUT2D eigenvalue weighted by Crippen LogP contribution is -2.64. The van der Waals surface area contributed by atoms with E-state index in [1.165, 1.54) is 0 Å². The molecule has 0 radical (unpaired) electrons. The Kier molecular flexibility index (Phi) is 4.14. The summed E-state index contributed by atoms with van der Waals surface area (Å²) < 4.78 is 0. The van der Waals surface area contributed by atoms with Crippen LogP contribution in [0.5, 0.6) is 0 Å². The second-order valence-electron chi connectivity index (χ2n) is 5.33. The number of amides is 2. The number of carbonyl (C=O) groups is 2. The Morgan fingerprint density at radius 1 is 1.37 bits per heavy atom. The molecule has 104 valence electrons. The first-order valence-electron chi connectivity index (χ1n) is 7.24. The zero-order valence-electron chi connectivity index (χ0n) is 11.8. The molecule has 2 amide bonds. The van der Waals surface area contributed by atoms with Crippen LogP contribution in [0.1, 0.15) is 46.0 Å². The summed E-state index contributed by atoms with van der Waals surface area (Å²) in [6, 6.07) is -0.869. The van der Waals surface area contributed by atoms with Crippen molar-refractivity contribution in [2.24, 2.45) is 0 Å². The van der Waals surface area contributed by atoms with Crippen LogP contribution in [0.3, 0.4) is 0 Å². The fraction of sp³-hybridized carbons (Fsp3) is 0.733. The lowest BCUT2D eigenvalue weighted by molar-refractivity contribution is -0.161. The van der Waals surface area contributed by atoms with Crippen LogP contribution < -0.4 is 0 Å². The first-order valence-corrected chi connectivity index (χ1v) is 7.24. The van der Waals surface area contributed by atoms with Gasteiger partial charge in [-0.3, -0.25) is 9.59 Å². The minimum atomic E-state index is -0.366. The van der Waals surface area contributed by atoms with Gasteiger partial charge in [0.15, 0.2) is 0 Å². The Labute approximate surface area is 115 Å². The highest BCUT2D eigenvalue weighted by atomic mass is 16.2. The SMILES string of the molecule is C#CC(CCC)N1C(=O)C2CCCN2C(=O)C1CC. The number of carbonyl (C=O) groups excluding carboxylic acids is 2. The Bertz CT molecular complexity index is 413. The molecule has 2 aliphatic heterocycles. The molecule has 19 heavy (non-hydrogen) atoms. The second kappa shape index (κ2) is 5.64. The molecule has 0 aromatic rings. The summed E-state index contributed by atoms with van der Waals surface area (Å²) in [5.41, 5.74) is 0. The summed E-state index contributed by atoms with van der Waals surface area (Å²) in [6.07, 6.45) is 9.59. The van der Waals surface area contributed by atoms with Crippen molar-refractivity contribution >= 4 is 11.8 Å². The summed E-state index contributed by atoms with van der Waals surface area (Å²) in [5.74, 6) is 2.84. The van der Waals surface area contributed by atoms with E-state index in [4.69, 9.17) is 6.42 Å². The molecule has 2 aliphatic rings. The topological polar surface area (TPSA) is 40.6 Å². The zero-order chi connectivity index (χ0) is 14.0. The summed E-state index contributed by atoms with van der Waals surface area (Å²) in [5, 5.41) is 0. The van der Waals surface area contributed by atoms with Crippen LogP contribution >= 0.6 is 0 Å². The van der Waals surface area contributed by atoms with E-state index in [0.29, 0.717) is 13.0 Å². The van der Waals surface area contributed by atoms with Crippen LogP contribution in [0.15, 0.2) is 0 Å². The van der Waals surface area contributed by atoms with E-state index in [0.717, 1.165) is 25.7 Å². The first kappa shape index (κ1) is 13.9. The third-order valence-corrected chi connectivity index (χ3v) is 4.17. The van der Waals surface area contributed by atoms with Crippen LogP contribution in [-0.2, 0) is 9.59 Å². The molecule has 0 aromatic carbocycles. The minimum Gasteiger partial charge on any atom is -0.329 e. The molecule has 0 saturated carbocycles. The first-order chi connectivity index (χ1) is 9.15. The highest BCUT2D eigenvalue weighted by Gasteiger charge is 2.48. The van der Waals surface area contributed by atoms with E-state index in [-0.39, 0.29) is 29.9 Å². The van der Waals surface area contributed by atoms with Gasteiger partial charge in [-0.15, -0.1) is 6.42 Å². The molecule has 2 heterocycles. The smallest absolute Gasteiger partial charge is 0.247 e. The number of piperazine rings is 1. The number of hydrogen-bond acceptors (Lipinski definition) is 2. The van der Waals surface area contributed by atoms with Crippen LogP contribution in [0, 0.1) is 12.3 Å². The molecule has 0 bridgehead atoms. The average molecular weight is 262 g/mol. The summed E-state index contributed by atoms with van der Waals surface area (Å²) in [4.78, 5) is 28.6. The van der Waals surface area contributed by atoms with Crippen LogP contribution in [-0.4, -0.2) is 46.3 Å². The monoisotopic (exact) mass is 262 g/mol. The predicted octanol–water partition coefficient (Wildman–Crippen LogP) is 1.40. The zero-order valence-corrected chi connectivity index (χ0v) is 11.8. The molecule has 0 aromatic heterocycles.